The maximum absolute atomic E-state index is 10.7. The molecule has 0 aliphatic carbocycles. The van der Waals surface area contributed by atoms with Gasteiger partial charge in [-0.25, -0.2) is 0 Å². The van der Waals surface area contributed by atoms with E-state index in [2.05, 4.69) is 6.92 Å². The van der Waals surface area contributed by atoms with Gasteiger partial charge < -0.3 is 19.2 Å². The second kappa shape index (κ2) is 8.12. The SMILES string of the molecule is CCCCOCCOc1cccc2c1B(O)OC2C[N+](=O)[O-]. The molecule has 7 nitrogen and oxygen atoms in total. The quantitative estimate of drug-likeness (QED) is 0.316. The van der Waals surface area contributed by atoms with Crippen molar-refractivity contribution in [2.75, 3.05) is 26.4 Å². The second-order valence-electron chi connectivity index (χ2n) is 5.07. The van der Waals surface area contributed by atoms with Crippen LogP contribution in [0.2, 0.25) is 0 Å². The van der Waals surface area contributed by atoms with Crippen LogP contribution in [0, 0.1) is 10.1 Å². The Labute approximate surface area is 129 Å². The van der Waals surface area contributed by atoms with E-state index in [4.69, 9.17) is 14.1 Å². The van der Waals surface area contributed by atoms with Crippen molar-refractivity contribution in [3.63, 3.8) is 0 Å². The summed E-state index contributed by atoms with van der Waals surface area (Å²) in [5.41, 5.74) is 1.08. The minimum absolute atomic E-state index is 0.354. The van der Waals surface area contributed by atoms with E-state index in [1.807, 2.05) is 0 Å². The van der Waals surface area contributed by atoms with Crippen molar-refractivity contribution in [2.24, 2.45) is 0 Å². The van der Waals surface area contributed by atoms with Crippen LogP contribution < -0.4 is 10.2 Å². The van der Waals surface area contributed by atoms with Gasteiger partial charge in [0.25, 0.3) is 0 Å². The van der Waals surface area contributed by atoms with Crippen LogP contribution >= 0.6 is 0 Å². The molecule has 2 rings (SSSR count). The summed E-state index contributed by atoms with van der Waals surface area (Å²) in [7, 11) is -1.20. The highest BCUT2D eigenvalue weighted by atomic mass is 16.6. The molecular formula is C14H20BNO6. The van der Waals surface area contributed by atoms with Crippen LogP contribution in [0.15, 0.2) is 18.2 Å². The van der Waals surface area contributed by atoms with Crippen LogP contribution in [-0.2, 0) is 9.39 Å². The molecule has 22 heavy (non-hydrogen) atoms. The number of benzene rings is 1. The Morgan fingerprint density at radius 3 is 2.95 bits per heavy atom. The van der Waals surface area contributed by atoms with Gasteiger partial charge >= 0.3 is 7.12 Å². The standard InChI is InChI=1S/C14H20BNO6/c1-2-3-7-20-8-9-21-12-6-4-5-11-13(10-16(18)19)22-15(17)14(11)12/h4-6,13,17H,2-3,7-10H2,1H3. The van der Waals surface area contributed by atoms with Crippen LogP contribution in [0.1, 0.15) is 31.4 Å². The lowest BCUT2D eigenvalue weighted by Crippen LogP contribution is -2.30. The number of hydrogen-bond acceptors (Lipinski definition) is 6. The van der Waals surface area contributed by atoms with Gasteiger partial charge in [-0.15, -0.1) is 0 Å². The second-order valence-corrected chi connectivity index (χ2v) is 5.07. The molecule has 120 valence electrons. The monoisotopic (exact) mass is 309 g/mol. The molecule has 1 unspecified atom stereocenters. The van der Waals surface area contributed by atoms with Crippen LogP contribution in [0.5, 0.6) is 5.75 Å². The van der Waals surface area contributed by atoms with Gasteiger partial charge in [-0.1, -0.05) is 25.5 Å². The number of unbranched alkanes of at least 4 members (excludes halogenated alkanes) is 1. The zero-order valence-electron chi connectivity index (χ0n) is 12.6. The van der Waals surface area contributed by atoms with Crippen LogP contribution in [0.3, 0.4) is 0 Å². The highest BCUT2D eigenvalue weighted by Crippen LogP contribution is 2.27. The molecule has 0 bridgehead atoms. The Bertz CT molecular complexity index is 512. The lowest BCUT2D eigenvalue weighted by atomic mass is 9.78. The van der Waals surface area contributed by atoms with Crippen molar-refractivity contribution in [1.82, 2.24) is 0 Å². The summed E-state index contributed by atoms with van der Waals surface area (Å²) < 4.78 is 16.3. The Morgan fingerprint density at radius 1 is 1.41 bits per heavy atom. The average molecular weight is 309 g/mol. The zero-order chi connectivity index (χ0) is 15.9. The largest absolute Gasteiger partial charge is 0.496 e. The third-order valence-electron chi connectivity index (χ3n) is 3.43. The van der Waals surface area contributed by atoms with Gasteiger partial charge in [-0.05, 0) is 18.1 Å². The summed E-state index contributed by atoms with van der Waals surface area (Å²) in [4.78, 5) is 10.2. The van der Waals surface area contributed by atoms with E-state index in [0.717, 1.165) is 12.8 Å². The lowest BCUT2D eigenvalue weighted by Gasteiger charge is -2.11. The fourth-order valence-electron chi connectivity index (χ4n) is 2.36. The van der Waals surface area contributed by atoms with Gasteiger partial charge in [-0.3, -0.25) is 10.1 Å². The number of nitrogens with zero attached hydrogens (tertiary/aromatic N) is 1. The molecule has 1 heterocycles. The average Bonchev–Trinajstić information content (AvgIpc) is 2.79. The van der Waals surface area contributed by atoms with Gasteiger partial charge in [-0.2, -0.15) is 0 Å². The summed E-state index contributed by atoms with van der Waals surface area (Å²) in [5, 5.41) is 20.6. The van der Waals surface area contributed by atoms with Crippen LogP contribution in [0.4, 0.5) is 0 Å². The highest BCUT2D eigenvalue weighted by molar-refractivity contribution is 6.62. The predicted octanol–water partition coefficient (Wildman–Crippen LogP) is 0.918. The van der Waals surface area contributed by atoms with E-state index in [1.165, 1.54) is 0 Å². The van der Waals surface area contributed by atoms with E-state index < -0.39 is 18.1 Å². The fraction of sp³-hybridized carbons (Fsp3) is 0.571. The molecule has 1 aromatic carbocycles. The molecule has 0 saturated carbocycles. The molecule has 1 N–H and O–H groups in total. The molecular weight excluding hydrogens is 289 g/mol. The molecule has 1 aliphatic rings. The van der Waals surface area contributed by atoms with E-state index >= 15 is 0 Å². The fourth-order valence-corrected chi connectivity index (χ4v) is 2.36. The van der Waals surface area contributed by atoms with Crippen molar-refractivity contribution in [2.45, 2.75) is 25.9 Å². The zero-order valence-corrected chi connectivity index (χ0v) is 12.6. The minimum atomic E-state index is -1.20. The maximum atomic E-state index is 10.7. The highest BCUT2D eigenvalue weighted by Gasteiger charge is 2.40. The number of hydrogen-bond donors (Lipinski definition) is 1. The molecule has 0 aromatic heterocycles. The third-order valence-corrected chi connectivity index (χ3v) is 3.43. The molecule has 1 atom stereocenters. The van der Waals surface area contributed by atoms with E-state index in [0.29, 0.717) is 36.6 Å². The van der Waals surface area contributed by atoms with Crippen LogP contribution in [-0.4, -0.2) is 43.4 Å². The van der Waals surface area contributed by atoms with Gasteiger partial charge in [0.15, 0.2) is 0 Å². The summed E-state index contributed by atoms with van der Waals surface area (Å²) in [5.74, 6) is 0.481. The topological polar surface area (TPSA) is 91.1 Å². The first-order chi connectivity index (χ1) is 10.6. The van der Waals surface area contributed by atoms with Crippen molar-refractivity contribution in [3.05, 3.63) is 33.9 Å². The molecule has 0 fully saturated rings. The number of rotatable bonds is 9. The van der Waals surface area contributed by atoms with Gasteiger partial charge in [0.2, 0.25) is 6.54 Å². The van der Waals surface area contributed by atoms with Crippen molar-refractivity contribution in [3.8, 4) is 5.75 Å². The van der Waals surface area contributed by atoms with Crippen LogP contribution in [0.25, 0.3) is 0 Å². The predicted molar refractivity (Wildman–Crippen MR) is 81.0 cm³/mol. The van der Waals surface area contributed by atoms with Gasteiger partial charge in [0.1, 0.15) is 18.5 Å². The minimum Gasteiger partial charge on any atom is -0.492 e. The Hall–Kier alpha value is -1.64. The first-order valence-electron chi connectivity index (χ1n) is 7.42. The smallest absolute Gasteiger partial charge is 0.492 e. The Kier molecular flexibility index (Phi) is 6.17. The molecule has 0 saturated heterocycles. The van der Waals surface area contributed by atoms with Crippen molar-refractivity contribution < 1.29 is 24.1 Å². The molecule has 8 heteroatoms. The molecule has 0 amide bonds. The first-order valence-corrected chi connectivity index (χ1v) is 7.42. The maximum Gasteiger partial charge on any atom is 0.496 e. The van der Waals surface area contributed by atoms with Gasteiger partial charge in [0, 0.05) is 17.0 Å². The third kappa shape index (κ3) is 4.19. The van der Waals surface area contributed by atoms with Crippen molar-refractivity contribution in [1.29, 1.82) is 0 Å². The summed E-state index contributed by atoms with van der Waals surface area (Å²) in [6, 6.07) is 5.16. The van der Waals surface area contributed by atoms with Gasteiger partial charge in [0.05, 0.1) is 6.61 Å². The first kappa shape index (κ1) is 16.7. The number of nitro groups is 1. The van der Waals surface area contributed by atoms with E-state index in [-0.39, 0.29) is 6.54 Å². The molecule has 0 spiro atoms. The Balaban J connectivity index is 1.96. The molecule has 0 radical (unpaired) electrons. The number of fused-ring (bicyclic) bond motifs is 1. The summed E-state index contributed by atoms with van der Waals surface area (Å²) in [6.07, 6.45) is 1.34. The number of ether oxygens (including phenoxy) is 2. The van der Waals surface area contributed by atoms with Crippen molar-refractivity contribution >= 4 is 12.6 Å². The van der Waals surface area contributed by atoms with E-state index in [9.17, 15) is 15.1 Å². The lowest BCUT2D eigenvalue weighted by molar-refractivity contribution is -0.490. The normalized spacial score (nSPS) is 16.6. The summed E-state index contributed by atoms with van der Waals surface area (Å²) >= 11 is 0. The summed E-state index contributed by atoms with van der Waals surface area (Å²) in [6.45, 7) is 3.22. The molecule has 1 aliphatic heterocycles. The Morgan fingerprint density at radius 2 is 2.23 bits per heavy atom. The van der Waals surface area contributed by atoms with E-state index in [1.54, 1.807) is 18.2 Å². The molecule has 1 aromatic rings.